The van der Waals surface area contributed by atoms with Crippen LogP contribution < -0.4 is 10.6 Å². The minimum Gasteiger partial charge on any atom is -0.349 e. The van der Waals surface area contributed by atoms with E-state index in [1.54, 1.807) is 43.3 Å². The molecule has 47 heavy (non-hydrogen) atoms. The van der Waals surface area contributed by atoms with Crippen molar-refractivity contribution in [1.29, 1.82) is 0 Å². The van der Waals surface area contributed by atoms with Crippen molar-refractivity contribution in [3.8, 4) is 0 Å². The first-order valence-corrected chi connectivity index (χ1v) is 18.0. The molecule has 0 bridgehead atoms. The SMILES string of the molecule is CC[C@H](NC(=O)C[C@@H]1C[C@@H](S(=O)(=O)c2ccccc2Cl)CN1C(=O)C1(c2ccc(Cl)cc2)CC1)C(=O)C(=O)NCCc1ccccc1. The lowest BCUT2D eigenvalue weighted by Crippen LogP contribution is -2.49. The summed E-state index contributed by atoms with van der Waals surface area (Å²) >= 11 is 12.4. The zero-order valence-electron chi connectivity index (χ0n) is 26.0. The van der Waals surface area contributed by atoms with E-state index < -0.39 is 50.2 Å². The molecule has 0 unspecified atom stereocenters. The van der Waals surface area contributed by atoms with Gasteiger partial charge in [-0.2, -0.15) is 0 Å². The van der Waals surface area contributed by atoms with Crippen LogP contribution in [-0.4, -0.2) is 67.2 Å². The first kappa shape index (κ1) is 34.6. The molecule has 3 aromatic carbocycles. The number of sulfone groups is 1. The molecule has 1 saturated carbocycles. The van der Waals surface area contributed by atoms with Gasteiger partial charge in [0.15, 0.2) is 9.84 Å². The van der Waals surface area contributed by atoms with Gasteiger partial charge in [0.05, 0.1) is 26.6 Å². The predicted octanol–water partition coefficient (Wildman–Crippen LogP) is 4.68. The Labute approximate surface area is 284 Å². The van der Waals surface area contributed by atoms with Crippen LogP contribution in [0.5, 0.6) is 0 Å². The fraction of sp³-hybridized carbons (Fsp3) is 0.371. The summed E-state index contributed by atoms with van der Waals surface area (Å²) in [6, 6.07) is 20.8. The number of hydrogen-bond donors (Lipinski definition) is 2. The third-order valence-electron chi connectivity index (χ3n) is 9.02. The Bertz CT molecular complexity index is 1750. The maximum absolute atomic E-state index is 14.2. The fourth-order valence-electron chi connectivity index (χ4n) is 6.22. The summed E-state index contributed by atoms with van der Waals surface area (Å²) < 4.78 is 27.5. The fourth-order valence-corrected chi connectivity index (χ4v) is 8.61. The first-order valence-electron chi connectivity index (χ1n) is 15.7. The molecular formula is C35H37Cl2N3O6S. The maximum Gasteiger partial charge on any atom is 0.289 e. The van der Waals surface area contributed by atoms with Gasteiger partial charge in [-0.05, 0) is 67.5 Å². The number of nitrogens with one attached hydrogen (secondary N) is 2. The molecule has 1 saturated heterocycles. The summed E-state index contributed by atoms with van der Waals surface area (Å²) in [5.41, 5.74) is 0.958. The van der Waals surface area contributed by atoms with Gasteiger partial charge in [0.1, 0.15) is 0 Å². The van der Waals surface area contributed by atoms with Crippen molar-refractivity contribution in [2.24, 2.45) is 0 Å². The Morgan fingerprint density at radius 1 is 0.936 bits per heavy atom. The number of Topliss-reactive ketones (excluding diaryl/α,β-unsaturated/α-hetero) is 1. The van der Waals surface area contributed by atoms with Crippen LogP contribution in [0, 0.1) is 0 Å². The largest absolute Gasteiger partial charge is 0.349 e. The summed E-state index contributed by atoms with van der Waals surface area (Å²) in [7, 11) is -3.96. The summed E-state index contributed by atoms with van der Waals surface area (Å²) in [6.07, 6.45) is 1.65. The number of benzene rings is 3. The molecule has 3 aromatic rings. The predicted molar refractivity (Wildman–Crippen MR) is 180 cm³/mol. The van der Waals surface area contributed by atoms with E-state index in [1.807, 2.05) is 30.3 Å². The van der Waals surface area contributed by atoms with Crippen molar-refractivity contribution >= 4 is 56.5 Å². The molecule has 12 heteroatoms. The number of likely N-dealkylation sites (tertiary alicyclic amines) is 1. The number of hydrogen-bond acceptors (Lipinski definition) is 6. The monoisotopic (exact) mass is 697 g/mol. The van der Waals surface area contributed by atoms with Crippen molar-refractivity contribution < 1.29 is 27.6 Å². The van der Waals surface area contributed by atoms with Crippen molar-refractivity contribution in [3.63, 3.8) is 0 Å². The lowest BCUT2D eigenvalue weighted by molar-refractivity contribution is -0.140. The molecule has 1 aliphatic heterocycles. The molecule has 0 aromatic heterocycles. The van der Waals surface area contributed by atoms with Crippen LogP contribution in [0.25, 0.3) is 0 Å². The third-order valence-corrected chi connectivity index (χ3v) is 11.9. The van der Waals surface area contributed by atoms with Crippen molar-refractivity contribution in [2.75, 3.05) is 13.1 Å². The van der Waals surface area contributed by atoms with E-state index in [0.717, 1.165) is 11.1 Å². The van der Waals surface area contributed by atoms with Crippen molar-refractivity contribution in [1.82, 2.24) is 15.5 Å². The zero-order chi connectivity index (χ0) is 33.8. The van der Waals surface area contributed by atoms with Crippen LogP contribution in [0.3, 0.4) is 0 Å². The summed E-state index contributed by atoms with van der Waals surface area (Å²) in [4.78, 5) is 54.7. The average Bonchev–Trinajstić information content (AvgIpc) is 3.77. The number of halogens is 2. The Morgan fingerprint density at radius 3 is 2.23 bits per heavy atom. The highest BCUT2D eigenvalue weighted by atomic mass is 35.5. The molecule has 5 rings (SSSR count). The standard InChI is InChI=1S/C35H37Cl2N3O6S/c1-2-29(32(42)33(43)38-19-16-23-8-4-3-5-9-23)39-31(41)21-26-20-27(47(45,46)30-11-7-6-10-28(30)37)22-40(26)34(44)35(17-18-35)24-12-14-25(36)15-13-24/h3-15,26-27,29H,2,16-22H2,1H3,(H,38,43)(H,39,41)/t26-,27+,29-/m0/s1. The molecule has 9 nitrogen and oxygen atoms in total. The summed E-state index contributed by atoms with van der Waals surface area (Å²) in [5.74, 6) is -2.38. The van der Waals surface area contributed by atoms with E-state index in [0.29, 0.717) is 24.3 Å². The van der Waals surface area contributed by atoms with E-state index in [-0.39, 0.29) is 48.2 Å². The second-order valence-electron chi connectivity index (χ2n) is 12.1. The van der Waals surface area contributed by atoms with Crippen LogP contribution in [0.4, 0.5) is 0 Å². The van der Waals surface area contributed by atoms with Gasteiger partial charge in [-0.25, -0.2) is 8.42 Å². The minimum atomic E-state index is -3.96. The highest BCUT2D eigenvalue weighted by molar-refractivity contribution is 7.92. The summed E-state index contributed by atoms with van der Waals surface area (Å²) in [6.45, 7) is 1.83. The molecule has 3 amide bonds. The van der Waals surface area contributed by atoms with E-state index in [2.05, 4.69) is 10.6 Å². The number of rotatable bonds is 13. The Balaban J connectivity index is 1.30. The molecule has 2 aliphatic rings. The van der Waals surface area contributed by atoms with Crippen LogP contribution in [0.15, 0.2) is 83.8 Å². The van der Waals surface area contributed by atoms with Gasteiger partial charge in [-0.15, -0.1) is 0 Å². The first-order chi connectivity index (χ1) is 22.5. The molecule has 2 fully saturated rings. The lowest BCUT2D eigenvalue weighted by Gasteiger charge is -2.29. The quantitative estimate of drug-likeness (QED) is 0.250. The smallest absolute Gasteiger partial charge is 0.289 e. The molecule has 2 N–H and O–H groups in total. The minimum absolute atomic E-state index is 0.00806. The molecule has 0 spiro atoms. The van der Waals surface area contributed by atoms with Crippen molar-refractivity contribution in [2.45, 2.75) is 73.1 Å². The van der Waals surface area contributed by atoms with E-state index in [1.165, 1.54) is 17.0 Å². The van der Waals surface area contributed by atoms with Gasteiger partial charge < -0.3 is 15.5 Å². The molecule has 1 heterocycles. The number of amides is 3. The molecule has 1 aliphatic carbocycles. The second kappa shape index (κ2) is 14.6. The Morgan fingerprint density at radius 2 is 1.60 bits per heavy atom. The van der Waals surface area contributed by atoms with Gasteiger partial charge >= 0.3 is 0 Å². The van der Waals surface area contributed by atoms with Crippen molar-refractivity contribution in [3.05, 3.63) is 100 Å². The number of ketones is 1. The molecule has 3 atom stereocenters. The summed E-state index contributed by atoms with van der Waals surface area (Å²) in [5, 5.41) is 4.89. The van der Waals surface area contributed by atoms with Crippen LogP contribution >= 0.6 is 23.2 Å². The van der Waals surface area contributed by atoms with Gasteiger partial charge in [-0.1, -0.05) is 84.7 Å². The number of carbonyl (C=O) groups excluding carboxylic acids is 4. The number of carbonyl (C=O) groups is 4. The van der Waals surface area contributed by atoms with E-state index in [9.17, 15) is 27.6 Å². The molecular weight excluding hydrogens is 661 g/mol. The van der Waals surface area contributed by atoms with Gasteiger partial charge in [0, 0.05) is 30.6 Å². The highest BCUT2D eigenvalue weighted by Crippen LogP contribution is 2.51. The van der Waals surface area contributed by atoms with Gasteiger partial charge in [0.25, 0.3) is 5.91 Å². The normalized spacial score (nSPS) is 19.1. The molecule has 248 valence electrons. The van der Waals surface area contributed by atoms with Gasteiger partial charge in [0.2, 0.25) is 17.6 Å². The van der Waals surface area contributed by atoms with E-state index in [4.69, 9.17) is 23.2 Å². The highest BCUT2D eigenvalue weighted by Gasteiger charge is 2.56. The van der Waals surface area contributed by atoms with Crippen LogP contribution in [0.2, 0.25) is 10.0 Å². The third kappa shape index (κ3) is 7.71. The second-order valence-corrected chi connectivity index (χ2v) is 15.2. The van der Waals surface area contributed by atoms with Crippen LogP contribution in [0.1, 0.15) is 50.2 Å². The molecule has 0 radical (unpaired) electrons. The zero-order valence-corrected chi connectivity index (χ0v) is 28.3. The van der Waals surface area contributed by atoms with Crippen LogP contribution in [-0.2, 0) is 40.9 Å². The average molecular weight is 699 g/mol. The lowest BCUT2D eigenvalue weighted by atomic mass is 9.93. The Kier molecular flexibility index (Phi) is 10.7. The number of nitrogens with zero attached hydrogens (tertiary/aromatic N) is 1. The van der Waals surface area contributed by atoms with Gasteiger partial charge in [-0.3, -0.25) is 19.2 Å². The topological polar surface area (TPSA) is 130 Å². The maximum atomic E-state index is 14.2. The Hall–Kier alpha value is -3.73. The van der Waals surface area contributed by atoms with E-state index >= 15 is 0 Å².